The lowest BCUT2D eigenvalue weighted by Crippen LogP contribution is -2.22. The van der Waals surface area contributed by atoms with Crippen molar-refractivity contribution in [3.8, 4) is 5.88 Å². The van der Waals surface area contributed by atoms with Gasteiger partial charge in [-0.2, -0.15) is 0 Å². The topological polar surface area (TPSA) is 42.1 Å². The summed E-state index contributed by atoms with van der Waals surface area (Å²) in [5, 5.41) is 0.273. The van der Waals surface area contributed by atoms with Gasteiger partial charge >= 0.3 is 6.36 Å². The Morgan fingerprint density at radius 2 is 2.13 bits per heavy atom. The van der Waals surface area contributed by atoms with Crippen molar-refractivity contribution in [3.63, 3.8) is 0 Å². The number of aromatic amines is 1. The maximum Gasteiger partial charge on any atom is 0.574 e. The van der Waals surface area contributed by atoms with Crippen molar-refractivity contribution in [1.82, 2.24) is 4.98 Å². The average molecular weight is 286 g/mol. The summed E-state index contributed by atoms with van der Waals surface area (Å²) in [5.74, 6) is -0.572. The van der Waals surface area contributed by atoms with Gasteiger partial charge in [0.25, 0.3) is 5.56 Å². The summed E-state index contributed by atoms with van der Waals surface area (Å²) in [6, 6.07) is 1.34. The third kappa shape index (κ3) is 3.26. The second kappa shape index (κ2) is 4.26. The van der Waals surface area contributed by atoms with Crippen LogP contribution in [0.4, 0.5) is 13.2 Å². The Bertz CT molecular complexity index is 413. The number of aromatic nitrogens is 1. The predicted octanol–water partition coefficient (Wildman–Crippen LogP) is 2.48. The van der Waals surface area contributed by atoms with Gasteiger partial charge in [0.15, 0.2) is 0 Å². The molecule has 1 aromatic heterocycles. The summed E-state index contributed by atoms with van der Waals surface area (Å²) in [5.41, 5.74) is -0.0277. The lowest BCUT2D eigenvalue weighted by atomic mass is 10.2. The van der Waals surface area contributed by atoms with Gasteiger partial charge in [0, 0.05) is 16.5 Å². The fourth-order valence-corrected chi connectivity index (χ4v) is 1.41. The van der Waals surface area contributed by atoms with Crippen LogP contribution >= 0.6 is 15.9 Å². The molecule has 15 heavy (non-hydrogen) atoms. The highest BCUT2D eigenvalue weighted by atomic mass is 79.9. The van der Waals surface area contributed by atoms with Gasteiger partial charge in [0.1, 0.15) is 0 Å². The van der Waals surface area contributed by atoms with Crippen LogP contribution in [0.1, 0.15) is 11.1 Å². The Balaban J connectivity index is 3.11. The molecule has 0 spiro atoms. The number of alkyl halides is 4. The predicted molar refractivity (Wildman–Crippen MR) is 51.1 cm³/mol. The summed E-state index contributed by atoms with van der Waals surface area (Å²) >= 11 is 3.05. The SMILES string of the molecule is Cc1cc(CBr)c(=O)[nH]c1OC(F)(F)F. The minimum Gasteiger partial charge on any atom is -0.390 e. The van der Waals surface area contributed by atoms with E-state index in [9.17, 15) is 18.0 Å². The summed E-state index contributed by atoms with van der Waals surface area (Å²) in [6.07, 6.45) is -4.80. The van der Waals surface area contributed by atoms with Gasteiger partial charge in [-0.15, -0.1) is 13.2 Å². The van der Waals surface area contributed by atoms with Crippen molar-refractivity contribution in [2.24, 2.45) is 0 Å². The van der Waals surface area contributed by atoms with E-state index >= 15 is 0 Å². The maximum atomic E-state index is 11.9. The first-order valence-electron chi connectivity index (χ1n) is 3.88. The Morgan fingerprint density at radius 3 is 2.60 bits per heavy atom. The Labute approximate surface area is 91.4 Å². The molecule has 0 unspecified atom stereocenters. The van der Waals surface area contributed by atoms with E-state index in [1.165, 1.54) is 13.0 Å². The van der Waals surface area contributed by atoms with Crippen LogP contribution in [-0.2, 0) is 5.33 Å². The van der Waals surface area contributed by atoms with Crippen LogP contribution < -0.4 is 10.3 Å². The van der Waals surface area contributed by atoms with Crippen LogP contribution in [0.25, 0.3) is 0 Å². The van der Waals surface area contributed by atoms with Gasteiger partial charge in [0.2, 0.25) is 5.88 Å². The van der Waals surface area contributed by atoms with Gasteiger partial charge in [-0.3, -0.25) is 9.78 Å². The average Bonchev–Trinajstić information content (AvgIpc) is 2.08. The second-order valence-corrected chi connectivity index (χ2v) is 3.38. The van der Waals surface area contributed by atoms with Crippen LogP contribution in [0.2, 0.25) is 0 Å². The van der Waals surface area contributed by atoms with E-state index < -0.39 is 17.8 Å². The molecule has 1 aromatic rings. The molecule has 0 aliphatic heterocycles. The van der Waals surface area contributed by atoms with Crippen molar-refractivity contribution in [2.45, 2.75) is 18.6 Å². The first-order chi connectivity index (χ1) is 6.83. The van der Waals surface area contributed by atoms with Gasteiger partial charge in [-0.1, -0.05) is 15.9 Å². The molecule has 0 amide bonds. The normalized spacial score (nSPS) is 11.5. The number of hydrogen-bond donors (Lipinski definition) is 1. The quantitative estimate of drug-likeness (QED) is 0.849. The number of ether oxygens (including phenoxy) is 1. The van der Waals surface area contributed by atoms with Crippen LogP contribution in [-0.4, -0.2) is 11.3 Å². The van der Waals surface area contributed by atoms with E-state index in [1.54, 1.807) is 0 Å². The lowest BCUT2D eigenvalue weighted by Gasteiger charge is -2.11. The lowest BCUT2D eigenvalue weighted by molar-refractivity contribution is -0.276. The molecule has 0 atom stereocenters. The van der Waals surface area contributed by atoms with E-state index in [1.807, 2.05) is 4.98 Å². The molecule has 0 aliphatic carbocycles. The Kier molecular flexibility index (Phi) is 3.43. The van der Waals surface area contributed by atoms with E-state index in [2.05, 4.69) is 20.7 Å². The maximum absolute atomic E-state index is 11.9. The minimum atomic E-state index is -4.80. The Hall–Kier alpha value is -0.980. The molecule has 1 rings (SSSR count). The molecule has 0 aromatic carbocycles. The first kappa shape index (κ1) is 12.1. The molecule has 84 valence electrons. The third-order valence-electron chi connectivity index (χ3n) is 1.63. The largest absolute Gasteiger partial charge is 0.574 e. The molecule has 1 N–H and O–H groups in total. The van der Waals surface area contributed by atoms with Crippen molar-refractivity contribution < 1.29 is 17.9 Å². The van der Waals surface area contributed by atoms with Gasteiger partial charge in [-0.05, 0) is 13.0 Å². The summed E-state index contributed by atoms with van der Waals surface area (Å²) in [6.45, 7) is 1.42. The number of rotatable bonds is 2. The highest BCUT2D eigenvalue weighted by molar-refractivity contribution is 9.08. The van der Waals surface area contributed by atoms with E-state index in [4.69, 9.17) is 0 Å². The van der Waals surface area contributed by atoms with E-state index in [0.29, 0.717) is 5.56 Å². The summed E-state index contributed by atoms with van der Waals surface area (Å²) in [7, 11) is 0. The number of nitrogens with one attached hydrogen (secondary N) is 1. The Morgan fingerprint density at radius 1 is 1.53 bits per heavy atom. The minimum absolute atomic E-state index is 0.223. The van der Waals surface area contributed by atoms with E-state index in [0.717, 1.165) is 0 Å². The highest BCUT2D eigenvalue weighted by Crippen LogP contribution is 2.23. The zero-order valence-electron chi connectivity index (χ0n) is 7.61. The summed E-state index contributed by atoms with van der Waals surface area (Å²) < 4.78 is 39.3. The number of hydrogen-bond acceptors (Lipinski definition) is 2. The number of H-pyrrole nitrogens is 1. The monoisotopic (exact) mass is 285 g/mol. The highest BCUT2D eigenvalue weighted by Gasteiger charge is 2.32. The van der Waals surface area contributed by atoms with E-state index in [-0.39, 0.29) is 10.9 Å². The second-order valence-electron chi connectivity index (χ2n) is 2.82. The third-order valence-corrected chi connectivity index (χ3v) is 2.23. The zero-order valence-corrected chi connectivity index (χ0v) is 9.20. The number of pyridine rings is 1. The molecule has 0 radical (unpaired) electrons. The molecule has 0 saturated heterocycles. The molecule has 7 heteroatoms. The smallest absolute Gasteiger partial charge is 0.390 e. The van der Waals surface area contributed by atoms with Crippen molar-refractivity contribution in [1.29, 1.82) is 0 Å². The fourth-order valence-electron chi connectivity index (χ4n) is 0.995. The van der Waals surface area contributed by atoms with Crippen LogP contribution in [0.15, 0.2) is 10.9 Å². The molecular formula is C8H7BrF3NO2. The van der Waals surface area contributed by atoms with Crippen LogP contribution in [0, 0.1) is 6.92 Å². The van der Waals surface area contributed by atoms with Crippen LogP contribution in [0.3, 0.4) is 0 Å². The molecule has 0 fully saturated rings. The zero-order chi connectivity index (χ0) is 11.6. The van der Waals surface area contributed by atoms with Gasteiger partial charge < -0.3 is 4.74 Å². The first-order valence-corrected chi connectivity index (χ1v) is 5.00. The van der Waals surface area contributed by atoms with Gasteiger partial charge in [0.05, 0.1) is 0 Å². The number of halogens is 4. The van der Waals surface area contributed by atoms with Crippen molar-refractivity contribution >= 4 is 15.9 Å². The molecule has 0 aliphatic rings. The van der Waals surface area contributed by atoms with Gasteiger partial charge in [-0.25, -0.2) is 0 Å². The standard InChI is InChI=1S/C8H7BrF3NO2/c1-4-2-5(3-9)6(14)13-7(4)15-8(10,11)12/h2H,3H2,1H3,(H,13,14). The fraction of sp³-hybridized carbons (Fsp3) is 0.375. The molecular weight excluding hydrogens is 279 g/mol. The molecule has 0 saturated carbocycles. The summed E-state index contributed by atoms with van der Waals surface area (Å²) in [4.78, 5) is 13.2. The molecule has 3 nitrogen and oxygen atoms in total. The number of aryl methyl sites for hydroxylation is 1. The van der Waals surface area contributed by atoms with Crippen LogP contribution in [0.5, 0.6) is 5.88 Å². The van der Waals surface area contributed by atoms with Crippen molar-refractivity contribution in [2.75, 3.05) is 0 Å². The molecule has 0 bridgehead atoms. The molecule has 1 heterocycles. The van der Waals surface area contributed by atoms with Crippen molar-refractivity contribution in [3.05, 3.63) is 27.5 Å².